The Balaban J connectivity index is 1.92. The molecule has 0 aromatic carbocycles. The first-order valence-corrected chi connectivity index (χ1v) is 7.95. The zero-order valence-electron chi connectivity index (χ0n) is 12.9. The van der Waals surface area contributed by atoms with Gasteiger partial charge in [0.15, 0.2) is 0 Å². The van der Waals surface area contributed by atoms with Crippen molar-refractivity contribution in [3.05, 3.63) is 0 Å². The summed E-state index contributed by atoms with van der Waals surface area (Å²) in [5.74, 6) is 1.02. The van der Waals surface area contributed by atoms with Crippen LogP contribution in [0.15, 0.2) is 0 Å². The molecule has 1 unspecified atom stereocenters. The van der Waals surface area contributed by atoms with Gasteiger partial charge in [0.25, 0.3) is 0 Å². The van der Waals surface area contributed by atoms with E-state index in [9.17, 15) is 0 Å². The highest BCUT2D eigenvalue weighted by molar-refractivity contribution is 4.99. The van der Waals surface area contributed by atoms with E-state index in [-0.39, 0.29) is 5.54 Å². The molecule has 0 bridgehead atoms. The van der Waals surface area contributed by atoms with Crippen LogP contribution in [-0.4, -0.2) is 35.6 Å². The van der Waals surface area contributed by atoms with E-state index >= 15 is 0 Å². The highest BCUT2D eigenvalue weighted by atomic mass is 15.3. The predicted octanol–water partition coefficient (Wildman–Crippen LogP) is 3.42. The Kier molecular flexibility index (Phi) is 4.38. The molecule has 1 heterocycles. The summed E-state index contributed by atoms with van der Waals surface area (Å²) in [6.45, 7) is 13.1. The van der Waals surface area contributed by atoms with Gasteiger partial charge in [-0.2, -0.15) is 0 Å². The van der Waals surface area contributed by atoms with E-state index in [2.05, 4.69) is 37.9 Å². The fourth-order valence-corrected chi connectivity index (χ4v) is 3.60. The van der Waals surface area contributed by atoms with E-state index in [0.717, 1.165) is 12.5 Å². The lowest BCUT2D eigenvalue weighted by atomic mass is 9.87. The molecule has 0 aromatic rings. The second-order valence-corrected chi connectivity index (χ2v) is 7.45. The fraction of sp³-hybridized carbons (Fsp3) is 1.00. The molecule has 0 amide bonds. The topological polar surface area (TPSA) is 15.3 Å². The summed E-state index contributed by atoms with van der Waals surface area (Å²) in [6, 6.07) is 0. The van der Waals surface area contributed by atoms with Gasteiger partial charge in [-0.3, -0.25) is 4.90 Å². The van der Waals surface area contributed by atoms with E-state index in [4.69, 9.17) is 0 Å². The number of nitrogens with zero attached hydrogens (tertiary/aromatic N) is 1. The van der Waals surface area contributed by atoms with Crippen LogP contribution < -0.4 is 5.32 Å². The molecule has 2 aliphatic rings. The van der Waals surface area contributed by atoms with Crippen molar-refractivity contribution in [3.8, 4) is 0 Å². The van der Waals surface area contributed by atoms with Gasteiger partial charge in [-0.05, 0) is 46.1 Å². The van der Waals surface area contributed by atoms with Crippen LogP contribution in [0.25, 0.3) is 0 Å². The van der Waals surface area contributed by atoms with Gasteiger partial charge >= 0.3 is 0 Å². The Morgan fingerprint density at radius 3 is 2.44 bits per heavy atom. The normalized spacial score (nSPS) is 34.0. The molecule has 1 aliphatic carbocycles. The quantitative estimate of drug-likeness (QED) is 0.825. The molecular weight excluding hydrogens is 220 g/mol. The van der Waals surface area contributed by atoms with Crippen molar-refractivity contribution in [1.29, 1.82) is 0 Å². The minimum atomic E-state index is 0.282. The van der Waals surface area contributed by atoms with Crippen LogP contribution >= 0.6 is 0 Å². The van der Waals surface area contributed by atoms with Gasteiger partial charge < -0.3 is 5.32 Å². The third kappa shape index (κ3) is 3.27. The molecular formula is C16H32N2. The molecule has 0 aromatic heterocycles. The number of piperazine rings is 1. The van der Waals surface area contributed by atoms with E-state index in [1.807, 2.05) is 0 Å². The van der Waals surface area contributed by atoms with Crippen LogP contribution in [0, 0.1) is 5.92 Å². The fourth-order valence-electron chi connectivity index (χ4n) is 3.60. The maximum absolute atomic E-state index is 3.72. The van der Waals surface area contributed by atoms with Gasteiger partial charge in [0.1, 0.15) is 0 Å². The van der Waals surface area contributed by atoms with E-state index < -0.39 is 0 Å². The van der Waals surface area contributed by atoms with Crippen LogP contribution in [-0.2, 0) is 0 Å². The van der Waals surface area contributed by atoms with Crippen LogP contribution in [0.4, 0.5) is 0 Å². The van der Waals surface area contributed by atoms with Gasteiger partial charge in [0, 0.05) is 24.2 Å². The SMILES string of the molecule is CCC1(C)CNC(C)(C)CN1CCC1CCCC1. The van der Waals surface area contributed by atoms with Crippen molar-refractivity contribution in [3.63, 3.8) is 0 Å². The summed E-state index contributed by atoms with van der Waals surface area (Å²) in [4.78, 5) is 2.77. The predicted molar refractivity (Wildman–Crippen MR) is 78.9 cm³/mol. The van der Waals surface area contributed by atoms with Crippen LogP contribution in [0.5, 0.6) is 0 Å². The Hall–Kier alpha value is -0.0800. The minimum Gasteiger partial charge on any atom is -0.309 e. The molecule has 1 saturated carbocycles. The second-order valence-electron chi connectivity index (χ2n) is 7.45. The molecule has 1 atom stereocenters. The summed E-state index contributed by atoms with van der Waals surface area (Å²) >= 11 is 0. The van der Waals surface area contributed by atoms with Crippen molar-refractivity contribution >= 4 is 0 Å². The Morgan fingerprint density at radius 1 is 1.17 bits per heavy atom. The lowest BCUT2D eigenvalue weighted by molar-refractivity contribution is 0.0203. The minimum absolute atomic E-state index is 0.282. The average Bonchev–Trinajstić information content (AvgIpc) is 2.83. The highest BCUT2D eigenvalue weighted by Crippen LogP contribution is 2.31. The van der Waals surface area contributed by atoms with Crippen LogP contribution in [0.1, 0.15) is 66.2 Å². The number of rotatable bonds is 4. The van der Waals surface area contributed by atoms with Crippen molar-refractivity contribution in [2.75, 3.05) is 19.6 Å². The van der Waals surface area contributed by atoms with Gasteiger partial charge in [0.2, 0.25) is 0 Å². The summed E-state index contributed by atoms with van der Waals surface area (Å²) in [5, 5.41) is 3.72. The second kappa shape index (κ2) is 5.50. The first-order valence-electron chi connectivity index (χ1n) is 7.95. The number of hydrogen-bond acceptors (Lipinski definition) is 2. The standard InChI is InChI=1S/C16H32N2/c1-5-16(4)12-17-15(2,3)13-18(16)11-10-14-8-6-7-9-14/h14,17H,5-13H2,1-4H3. The van der Waals surface area contributed by atoms with E-state index in [0.29, 0.717) is 5.54 Å². The molecule has 106 valence electrons. The van der Waals surface area contributed by atoms with Crippen molar-refractivity contribution in [1.82, 2.24) is 10.2 Å². The molecule has 2 nitrogen and oxygen atoms in total. The highest BCUT2D eigenvalue weighted by Gasteiger charge is 2.39. The van der Waals surface area contributed by atoms with Crippen molar-refractivity contribution in [2.45, 2.75) is 77.3 Å². The summed E-state index contributed by atoms with van der Waals surface area (Å²) in [6.07, 6.45) is 8.59. The van der Waals surface area contributed by atoms with Crippen molar-refractivity contribution < 1.29 is 0 Å². The molecule has 0 spiro atoms. The third-order valence-electron chi connectivity index (χ3n) is 5.34. The molecule has 2 fully saturated rings. The first kappa shape index (κ1) is 14.3. The van der Waals surface area contributed by atoms with E-state index in [1.165, 1.54) is 51.6 Å². The maximum atomic E-state index is 3.72. The Bertz CT molecular complexity index is 268. The summed E-state index contributed by atoms with van der Waals surface area (Å²) in [5.41, 5.74) is 0.651. The van der Waals surface area contributed by atoms with Crippen LogP contribution in [0.3, 0.4) is 0 Å². The molecule has 2 rings (SSSR count). The van der Waals surface area contributed by atoms with Gasteiger partial charge in [-0.15, -0.1) is 0 Å². The Labute approximate surface area is 114 Å². The van der Waals surface area contributed by atoms with Crippen molar-refractivity contribution in [2.24, 2.45) is 5.92 Å². The first-order chi connectivity index (χ1) is 8.45. The maximum Gasteiger partial charge on any atom is 0.0304 e. The average molecular weight is 252 g/mol. The molecule has 1 N–H and O–H groups in total. The molecule has 0 radical (unpaired) electrons. The lowest BCUT2D eigenvalue weighted by Crippen LogP contribution is -2.67. The lowest BCUT2D eigenvalue weighted by Gasteiger charge is -2.51. The third-order valence-corrected chi connectivity index (χ3v) is 5.34. The smallest absolute Gasteiger partial charge is 0.0304 e. The van der Waals surface area contributed by atoms with Gasteiger partial charge in [-0.25, -0.2) is 0 Å². The van der Waals surface area contributed by atoms with Crippen LogP contribution in [0.2, 0.25) is 0 Å². The summed E-state index contributed by atoms with van der Waals surface area (Å²) < 4.78 is 0. The van der Waals surface area contributed by atoms with E-state index in [1.54, 1.807) is 0 Å². The molecule has 1 saturated heterocycles. The monoisotopic (exact) mass is 252 g/mol. The molecule has 1 aliphatic heterocycles. The zero-order chi connectivity index (χ0) is 13.2. The zero-order valence-corrected chi connectivity index (χ0v) is 12.9. The number of nitrogens with one attached hydrogen (secondary N) is 1. The Morgan fingerprint density at radius 2 is 1.83 bits per heavy atom. The van der Waals surface area contributed by atoms with Gasteiger partial charge in [0.05, 0.1) is 0 Å². The molecule has 18 heavy (non-hydrogen) atoms. The largest absolute Gasteiger partial charge is 0.309 e. The number of hydrogen-bond donors (Lipinski definition) is 1. The van der Waals surface area contributed by atoms with Gasteiger partial charge in [-0.1, -0.05) is 32.6 Å². The molecule has 2 heteroatoms. The summed E-state index contributed by atoms with van der Waals surface area (Å²) in [7, 11) is 0.